The molecule has 3 nitrogen and oxygen atoms in total. The van der Waals surface area contributed by atoms with Crippen LogP contribution in [0.3, 0.4) is 0 Å². The second-order valence-electron chi connectivity index (χ2n) is 6.64. The minimum Gasteiger partial charge on any atom is -0.490 e. The molecule has 4 heteroatoms. The average Bonchev–Trinajstić information content (AvgIpc) is 2.73. The van der Waals surface area contributed by atoms with E-state index in [4.69, 9.17) is 21.1 Å². The summed E-state index contributed by atoms with van der Waals surface area (Å²) in [6.07, 6.45) is 0. The first kappa shape index (κ1) is 20.2. The first-order chi connectivity index (χ1) is 13.7. The van der Waals surface area contributed by atoms with Crippen molar-refractivity contribution in [3.63, 3.8) is 0 Å². The molecule has 0 saturated heterocycles. The van der Waals surface area contributed by atoms with E-state index in [1.54, 1.807) is 0 Å². The summed E-state index contributed by atoms with van der Waals surface area (Å²) in [6.45, 7) is 5.97. The molecule has 0 saturated carbocycles. The maximum absolute atomic E-state index is 5.98. The quantitative estimate of drug-likeness (QED) is 0.470. The molecule has 0 unspecified atom stereocenters. The summed E-state index contributed by atoms with van der Waals surface area (Å²) in [5.41, 5.74) is 3.50. The highest BCUT2D eigenvalue weighted by atomic mass is 35.5. The molecule has 0 heterocycles. The Hall–Kier alpha value is -2.49. The van der Waals surface area contributed by atoms with Gasteiger partial charge in [0.25, 0.3) is 0 Å². The highest BCUT2D eigenvalue weighted by molar-refractivity contribution is 6.30. The number of nitrogens with one attached hydrogen (secondary N) is 1. The van der Waals surface area contributed by atoms with E-state index in [0.29, 0.717) is 13.2 Å². The van der Waals surface area contributed by atoms with Crippen LogP contribution in [0, 0.1) is 0 Å². The molecule has 3 aromatic rings. The zero-order valence-electron chi connectivity index (χ0n) is 16.3. The number of rotatable bonds is 9. The van der Waals surface area contributed by atoms with Gasteiger partial charge in [0.15, 0.2) is 11.5 Å². The molecular formula is C24H26ClNO2. The van der Waals surface area contributed by atoms with Gasteiger partial charge in [0.05, 0.1) is 6.61 Å². The summed E-state index contributed by atoms with van der Waals surface area (Å²) >= 11 is 5.94. The monoisotopic (exact) mass is 395 g/mol. The topological polar surface area (TPSA) is 30.5 Å². The molecule has 0 amide bonds. The first-order valence-corrected chi connectivity index (χ1v) is 9.95. The Labute approximate surface area is 172 Å². The van der Waals surface area contributed by atoms with E-state index in [-0.39, 0.29) is 6.04 Å². The van der Waals surface area contributed by atoms with E-state index in [1.807, 2.05) is 49.4 Å². The van der Waals surface area contributed by atoms with Crippen molar-refractivity contribution in [3.05, 3.63) is 94.5 Å². The van der Waals surface area contributed by atoms with Gasteiger partial charge in [0.2, 0.25) is 0 Å². The number of hydrogen-bond donors (Lipinski definition) is 1. The Morgan fingerprint density at radius 1 is 0.857 bits per heavy atom. The molecule has 146 valence electrons. The van der Waals surface area contributed by atoms with Crippen LogP contribution < -0.4 is 14.8 Å². The molecule has 28 heavy (non-hydrogen) atoms. The van der Waals surface area contributed by atoms with Crippen molar-refractivity contribution < 1.29 is 9.47 Å². The molecule has 0 fully saturated rings. The summed E-state index contributed by atoms with van der Waals surface area (Å²) in [7, 11) is 0. The first-order valence-electron chi connectivity index (χ1n) is 9.57. The molecule has 0 aliphatic heterocycles. The fourth-order valence-electron chi connectivity index (χ4n) is 2.92. The fraction of sp³-hybridized carbons (Fsp3) is 0.250. The predicted octanol–water partition coefficient (Wildman–Crippen LogP) is 6.17. The number of benzene rings is 3. The van der Waals surface area contributed by atoms with Crippen LogP contribution in [0.1, 0.15) is 36.6 Å². The van der Waals surface area contributed by atoms with Crippen molar-refractivity contribution >= 4 is 11.6 Å². The summed E-state index contributed by atoms with van der Waals surface area (Å²) in [5.74, 6) is 1.51. The van der Waals surface area contributed by atoms with Gasteiger partial charge in [0, 0.05) is 17.6 Å². The predicted molar refractivity (Wildman–Crippen MR) is 115 cm³/mol. The van der Waals surface area contributed by atoms with Crippen LogP contribution in [-0.2, 0) is 13.2 Å². The number of halogens is 1. The number of ether oxygens (including phenoxy) is 2. The molecule has 0 radical (unpaired) electrons. The zero-order valence-corrected chi connectivity index (χ0v) is 17.1. The number of hydrogen-bond acceptors (Lipinski definition) is 3. The lowest BCUT2D eigenvalue weighted by atomic mass is 10.1. The summed E-state index contributed by atoms with van der Waals surface area (Å²) in [5, 5.41) is 4.28. The van der Waals surface area contributed by atoms with Gasteiger partial charge in [0.1, 0.15) is 6.61 Å². The van der Waals surface area contributed by atoms with Crippen LogP contribution in [0.5, 0.6) is 11.5 Å². The molecule has 0 bridgehead atoms. The van der Waals surface area contributed by atoms with Gasteiger partial charge in [-0.2, -0.15) is 0 Å². The van der Waals surface area contributed by atoms with E-state index in [1.165, 1.54) is 5.56 Å². The van der Waals surface area contributed by atoms with E-state index in [2.05, 4.69) is 42.6 Å². The highest BCUT2D eigenvalue weighted by Gasteiger charge is 2.09. The SMILES string of the molecule is CCOc1cc(CN[C@H](C)c2ccccc2)ccc1OCc1ccc(Cl)cc1. The molecular weight excluding hydrogens is 370 g/mol. The molecule has 0 aliphatic carbocycles. The Morgan fingerprint density at radius 3 is 2.29 bits per heavy atom. The Balaban J connectivity index is 1.63. The van der Waals surface area contributed by atoms with Crippen molar-refractivity contribution in [2.75, 3.05) is 6.61 Å². The minimum atomic E-state index is 0.276. The molecule has 0 spiro atoms. The van der Waals surface area contributed by atoms with Gasteiger partial charge in [-0.05, 0) is 54.8 Å². The normalized spacial score (nSPS) is 11.8. The summed E-state index contributed by atoms with van der Waals surface area (Å²) < 4.78 is 11.8. The largest absolute Gasteiger partial charge is 0.490 e. The van der Waals surface area contributed by atoms with Crippen molar-refractivity contribution in [1.82, 2.24) is 5.32 Å². The minimum absolute atomic E-state index is 0.276. The third-order valence-corrected chi connectivity index (χ3v) is 4.78. The summed E-state index contributed by atoms with van der Waals surface area (Å²) in [4.78, 5) is 0. The van der Waals surface area contributed by atoms with E-state index < -0.39 is 0 Å². The average molecular weight is 396 g/mol. The lowest BCUT2D eigenvalue weighted by Crippen LogP contribution is -2.18. The van der Waals surface area contributed by atoms with Gasteiger partial charge >= 0.3 is 0 Å². The van der Waals surface area contributed by atoms with Crippen LogP contribution in [0.15, 0.2) is 72.8 Å². The highest BCUT2D eigenvalue weighted by Crippen LogP contribution is 2.29. The fourth-order valence-corrected chi connectivity index (χ4v) is 3.05. The Morgan fingerprint density at radius 2 is 1.57 bits per heavy atom. The smallest absolute Gasteiger partial charge is 0.161 e. The third-order valence-electron chi connectivity index (χ3n) is 4.53. The van der Waals surface area contributed by atoms with Crippen molar-refractivity contribution in [3.8, 4) is 11.5 Å². The van der Waals surface area contributed by atoms with Gasteiger partial charge in [-0.3, -0.25) is 0 Å². The molecule has 3 aromatic carbocycles. The Bertz CT molecular complexity index is 866. The molecule has 1 N–H and O–H groups in total. The van der Waals surface area contributed by atoms with Gasteiger partial charge < -0.3 is 14.8 Å². The van der Waals surface area contributed by atoms with Crippen LogP contribution in [0.25, 0.3) is 0 Å². The van der Waals surface area contributed by atoms with Crippen molar-refractivity contribution in [1.29, 1.82) is 0 Å². The standard InChI is InChI=1S/C24H26ClNO2/c1-3-27-24-15-20(16-26-18(2)21-7-5-4-6-8-21)11-14-23(24)28-17-19-9-12-22(25)13-10-19/h4-15,18,26H,3,16-17H2,1-2H3/t18-/m1/s1. The van der Waals surface area contributed by atoms with E-state index in [9.17, 15) is 0 Å². The van der Waals surface area contributed by atoms with Crippen LogP contribution >= 0.6 is 11.6 Å². The van der Waals surface area contributed by atoms with Crippen LogP contribution in [0.4, 0.5) is 0 Å². The maximum Gasteiger partial charge on any atom is 0.161 e. The molecule has 1 atom stereocenters. The van der Waals surface area contributed by atoms with Gasteiger partial charge in [-0.25, -0.2) is 0 Å². The molecule has 3 rings (SSSR count). The second kappa shape index (κ2) is 10.2. The van der Waals surface area contributed by atoms with E-state index >= 15 is 0 Å². The second-order valence-corrected chi connectivity index (χ2v) is 7.08. The third kappa shape index (κ3) is 5.75. The van der Waals surface area contributed by atoms with Crippen LogP contribution in [0.2, 0.25) is 5.02 Å². The Kier molecular flexibility index (Phi) is 7.35. The van der Waals surface area contributed by atoms with Gasteiger partial charge in [-0.1, -0.05) is 60.1 Å². The molecule has 0 aliphatic rings. The lowest BCUT2D eigenvalue weighted by Gasteiger charge is -2.16. The maximum atomic E-state index is 5.98. The van der Waals surface area contributed by atoms with Crippen molar-refractivity contribution in [2.24, 2.45) is 0 Å². The van der Waals surface area contributed by atoms with Gasteiger partial charge in [-0.15, -0.1) is 0 Å². The summed E-state index contributed by atoms with van der Waals surface area (Å²) in [6, 6.07) is 24.5. The molecule has 0 aromatic heterocycles. The van der Waals surface area contributed by atoms with E-state index in [0.717, 1.165) is 34.2 Å². The zero-order chi connectivity index (χ0) is 19.8. The van der Waals surface area contributed by atoms with Crippen LogP contribution in [-0.4, -0.2) is 6.61 Å². The van der Waals surface area contributed by atoms with Crippen molar-refractivity contribution in [2.45, 2.75) is 33.0 Å². The lowest BCUT2D eigenvalue weighted by molar-refractivity contribution is 0.269.